The van der Waals surface area contributed by atoms with Crippen LogP contribution in [0.4, 0.5) is 5.69 Å². The molecular weight excluding hydrogens is 452 g/mol. The molecule has 0 bridgehead atoms. The Kier molecular flexibility index (Phi) is 6.44. The van der Waals surface area contributed by atoms with Crippen molar-refractivity contribution in [3.8, 4) is 11.5 Å². The first-order chi connectivity index (χ1) is 16.6. The molecule has 1 aromatic heterocycles. The summed E-state index contributed by atoms with van der Waals surface area (Å²) in [7, 11) is 0. The zero-order valence-electron chi connectivity index (χ0n) is 18.9. The molecular formula is C25H26N4O4S. The van der Waals surface area contributed by atoms with E-state index in [0.717, 1.165) is 29.8 Å². The number of amides is 2. The highest BCUT2D eigenvalue weighted by Gasteiger charge is 2.30. The Morgan fingerprint density at radius 1 is 1.09 bits per heavy atom. The molecule has 2 aliphatic rings. The van der Waals surface area contributed by atoms with E-state index in [1.54, 1.807) is 18.2 Å². The van der Waals surface area contributed by atoms with Gasteiger partial charge in [-0.05, 0) is 37.0 Å². The monoisotopic (exact) mass is 478 g/mol. The molecule has 0 unspecified atom stereocenters. The number of ether oxygens (including phenoxy) is 2. The van der Waals surface area contributed by atoms with Crippen LogP contribution < -0.4 is 14.8 Å². The third-order valence-electron chi connectivity index (χ3n) is 6.33. The van der Waals surface area contributed by atoms with Crippen LogP contribution in [0.3, 0.4) is 0 Å². The topological polar surface area (TPSA) is 93.7 Å². The number of benzene rings is 2. The standard InChI is InChI=1S/C25H26N4O4S/c1-2-19(16-6-4-3-5-7-16)25(31)29-12-10-17(11-13-29)23-27-28-24(34-23)22(30)26-18-8-9-20-21(14-18)33-15-32-20/h3-9,14,17,19H,2,10-13,15H2,1H3,(H,26,30)/t19-/m0/s1. The van der Waals surface area contributed by atoms with Crippen LogP contribution in [0.2, 0.25) is 0 Å². The van der Waals surface area contributed by atoms with Gasteiger partial charge in [0, 0.05) is 30.8 Å². The lowest BCUT2D eigenvalue weighted by molar-refractivity contribution is -0.134. The number of anilines is 1. The Hall–Kier alpha value is -3.46. The minimum atomic E-state index is -0.302. The smallest absolute Gasteiger partial charge is 0.286 e. The van der Waals surface area contributed by atoms with Gasteiger partial charge < -0.3 is 19.7 Å². The predicted molar refractivity (Wildman–Crippen MR) is 128 cm³/mol. The molecule has 1 N–H and O–H groups in total. The maximum atomic E-state index is 13.1. The maximum absolute atomic E-state index is 13.1. The minimum absolute atomic E-state index is 0.106. The predicted octanol–water partition coefficient (Wildman–Crippen LogP) is 4.42. The van der Waals surface area contributed by atoms with Crippen molar-refractivity contribution in [1.29, 1.82) is 0 Å². The second-order valence-corrected chi connectivity index (χ2v) is 9.45. The van der Waals surface area contributed by atoms with Gasteiger partial charge >= 0.3 is 0 Å². The molecule has 1 saturated heterocycles. The van der Waals surface area contributed by atoms with Crippen molar-refractivity contribution in [3.63, 3.8) is 0 Å². The van der Waals surface area contributed by atoms with Gasteiger partial charge in [0.2, 0.25) is 17.7 Å². The van der Waals surface area contributed by atoms with Crippen molar-refractivity contribution in [3.05, 3.63) is 64.1 Å². The maximum Gasteiger partial charge on any atom is 0.286 e. The van der Waals surface area contributed by atoms with E-state index >= 15 is 0 Å². The SMILES string of the molecule is CC[C@H](C(=O)N1CCC(c2nnc(C(=O)Nc3ccc4c(c3)OCO4)s2)CC1)c1ccccc1. The van der Waals surface area contributed by atoms with Gasteiger partial charge in [-0.15, -0.1) is 10.2 Å². The molecule has 2 amide bonds. The van der Waals surface area contributed by atoms with Gasteiger partial charge in [-0.3, -0.25) is 9.59 Å². The van der Waals surface area contributed by atoms with E-state index in [1.807, 2.05) is 35.2 Å². The lowest BCUT2D eigenvalue weighted by atomic mass is 9.92. The van der Waals surface area contributed by atoms with Gasteiger partial charge in [0.1, 0.15) is 5.01 Å². The van der Waals surface area contributed by atoms with E-state index in [0.29, 0.717) is 35.3 Å². The largest absolute Gasteiger partial charge is 0.454 e. The van der Waals surface area contributed by atoms with Crippen LogP contribution in [0.1, 0.15) is 58.4 Å². The second kappa shape index (κ2) is 9.80. The van der Waals surface area contributed by atoms with Crippen molar-refractivity contribution in [2.45, 2.75) is 38.0 Å². The van der Waals surface area contributed by atoms with E-state index in [4.69, 9.17) is 9.47 Å². The Balaban J connectivity index is 1.18. The first-order valence-electron chi connectivity index (χ1n) is 11.5. The molecule has 9 heteroatoms. The fourth-order valence-electron chi connectivity index (χ4n) is 4.46. The van der Waals surface area contributed by atoms with Crippen molar-refractivity contribution in [2.75, 3.05) is 25.2 Å². The van der Waals surface area contributed by atoms with Crippen molar-refractivity contribution in [1.82, 2.24) is 15.1 Å². The number of nitrogens with one attached hydrogen (secondary N) is 1. The molecule has 176 valence electrons. The number of carbonyl (C=O) groups is 2. The van der Waals surface area contributed by atoms with Crippen LogP contribution in [-0.2, 0) is 4.79 Å². The third kappa shape index (κ3) is 4.61. The van der Waals surface area contributed by atoms with Crippen LogP contribution in [0.25, 0.3) is 0 Å². The number of nitrogens with zero attached hydrogens (tertiary/aromatic N) is 3. The van der Waals surface area contributed by atoms with E-state index in [2.05, 4.69) is 22.4 Å². The highest BCUT2D eigenvalue weighted by atomic mass is 32.1. The number of fused-ring (bicyclic) bond motifs is 1. The molecule has 1 atom stereocenters. The first-order valence-corrected chi connectivity index (χ1v) is 12.3. The van der Waals surface area contributed by atoms with Crippen LogP contribution in [0.15, 0.2) is 48.5 Å². The lowest BCUT2D eigenvalue weighted by Crippen LogP contribution is -2.40. The van der Waals surface area contributed by atoms with Crippen LogP contribution in [0.5, 0.6) is 11.5 Å². The van der Waals surface area contributed by atoms with Crippen LogP contribution in [0, 0.1) is 0 Å². The summed E-state index contributed by atoms with van der Waals surface area (Å²) in [5, 5.41) is 12.4. The highest BCUT2D eigenvalue weighted by Crippen LogP contribution is 2.35. The zero-order valence-corrected chi connectivity index (χ0v) is 19.7. The Bertz CT molecular complexity index is 1170. The molecule has 2 aromatic carbocycles. The highest BCUT2D eigenvalue weighted by molar-refractivity contribution is 7.13. The Morgan fingerprint density at radius 3 is 2.62 bits per heavy atom. The molecule has 0 aliphatic carbocycles. The fraction of sp³-hybridized carbons (Fsp3) is 0.360. The number of carbonyl (C=O) groups excluding carboxylic acids is 2. The van der Waals surface area contributed by atoms with Gasteiger partial charge in [-0.2, -0.15) is 0 Å². The third-order valence-corrected chi connectivity index (χ3v) is 7.41. The van der Waals surface area contributed by atoms with Gasteiger partial charge in [-0.25, -0.2) is 0 Å². The van der Waals surface area contributed by atoms with E-state index in [-0.39, 0.29) is 30.4 Å². The summed E-state index contributed by atoms with van der Waals surface area (Å²) in [4.78, 5) is 27.8. The molecule has 5 rings (SSSR count). The fourth-order valence-corrected chi connectivity index (χ4v) is 5.36. The molecule has 2 aliphatic heterocycles. The van der Waals surface area contributed by atoms with Gasteiger partial charge in [0.15, 0.2) is 11.5 Å². The molecule has 0 radical (unpaired) electrons. The van der Waals surface area contributed by atoms with Gasteiger partial charge in [0.25, 0.3) is 5.91 Å². The normalized spacial score (nSPS) is 16.3. The summed E-state index contributed by atoms with van der Waals surface area (Å²) in [6, 6.07) is 15.2. The summed E-state index contributed by atoms with van der Waals surface area (Å²) in [6.45, 7) is 3.61. The van der Waals surface area contributed by atoms with E-state index < -0.39 is 0 Å². The minimum Gasteiger partial charge on any atom is -0.454 e. The molecule has 3 aromatic rings. The van der Waals surface area contributed by atoms with Crippen LogP contribution >= 0.6 is 11.3 Å². The molecule has 0 spiro atoms. The summed E-state index contributed by atoms with van der Waals surface area (Å²) >= 11 is 1.32. The molecule has 3 heterocycles. The van der Waals surface area contributed by atoms with E-state index in [1.165, 1.54) is 11.3 Å². The Morgan fingerprint density at radius 2 is 1.85 bits per heavy atom. The van der Waals surface area contributed by atoms with Gasteiger partial charge in [0.05, 0.1) is 5.92 Å². The van der Waals surface area contributed by atoms with Crippen molar-refractivity contribution in [2.24, 2.45) is 0 Å². The molecule has 1 fully saturated rings. The average molecular weight is 479 g/mol. The lowest BCUT2D eigenvalue weighted by Gasteiger charge is -2.33. The number of hydrogen-bond acceptors (Lipinski definition) is 7. The van der Waals surface area contributed by atoms with E-state index in [9.17, 15) is 9.59 Å². The summed E-state index contributed by atoms with van der Waals surface area (Å²) in [5.74, 6) is 1.25. The number of likely N-dealkylation sites (tertiary alicyclic amines) is 1. The molecule has 0 saturated carbocycles. The zero-order chi connectivity index (χ0) is 23.5. The summed E-state index contributed by atoms with van der Waals surface area (Å²) in [5.41, 5.74) is 1.68. The average Bonchev–Trinajstić information content (AvgIpc) is 3.55. The number of rotatable bonds is 6. The number of aromatic nitrogens is 2. The Labute approximate surface area is 201 Å². The summed E-state index contributed by atoms with van der Waals surface area (Å²) in [6.07, 6.45) is 2.41. The van der Waals surface area contributed by atoms with Crippen LogP contribution in [-0.4, -0.2) is 46.8 Å². The number of hydrogen-bond donors (Lipinski definition) is 1. The summed E-state index contributed by atoms with van der Waals surface area (Å²) < 4.78 is 10.7. The first kappa shape index (κ1) is 22.3. The van der Waals surface area contributed by atoms with Crippen molar-refractivity contribution >= 4 is 28.8 Å². The second-order valence-electron chi connectivity index (χ2n) is 8.44. The van der Waals surface area contributed by atoms with Crippen molar-refractivity contribution < 1.29 is 19.1 Å². The quantitative estimate of drug-likeness (QED) is 0.564. The van der Waals surface area contributed by atoms with Gasteiger partial charge in [-0.1, -0.05) is 48.6 Å². The number of piperidine rings is 1. The molecule has 34 heavy (non-hydrogen) atoms. The molecule has 8 nitrogen and oxygen atoms in total.